The molecule has 0 fully saturated rings. The molecule has 0 aliphatic carbocycles. The van der Waals surface area contributed by atoms with E-state index < -0.39 is 29.7 Å². The average molecular weight is 429 g/mol. The normalized spacial score (nSPS) is 12.1. The van der Waals surface area contributed by atoms with Gasteiger partial charge in [-0.15, -0.1) is 11.3 Å². The van der Waals surface area contributed by atoms with Gasteiger partial charge in [-0.2, -0.15) is 8.78 Å². The molecule has 2 aromatic carbocycles. The van der Waals surface area contributed by atoms with Crippen LogP contribution in [0.4, 0.5) is 14.5 Å². The van der Waals surface area contributed by atoms with Crippen LogP contribution in [0.3, 0.4) is 0 Å². The number of hydrogen-bond acceptors (Lipinski definition) is 6. The molecule has 0 amide bonds. The lowest BCUT2D eigenvalue weighted by Crippen LogP contribution is -2.13. The minimum atomic E-state index is -5.71. The zero-order valence-electron chi connectivity index (χ0n) is 13.6. The summed E-state index contributed by atoms with van der Waals surface area (Å²) in [5.41, 5.74) is -5.41. The molecule has 0 radical (unpaired) electrons. The number of halogens is 2. The van der Waals surface area contributed by atoms with Crippen LogP contribution in [0.1, 0.15) is 15.2 Å². The molecule has 0 aliphatic heterocycles. The maximum Gasteiger partial charge on any atom is 0.399 e. The highest BCUT2D eigenvalue weighted by atomic mass is 32.1. The molecule has 3 aromatic rings. The van der Waals surface area contributed by atoms with Crippen molar-refractivity contribution in [3.05, 3.63) is 69.1 Å². The molecule has 0 unspecified atom stereocenters. The van der Waals surface area contributed by atoms with Gasteiger partial charge >= 0.3 is 19.2 Å². The van der Waals surface area contributed by atoms with Gasteiger partial charge in [-0.1, -0.05) is 6.07 Å². The fourth-order valence-electron chi connectivity index (χ4n) is 2.29. The number of nitrogens with zero attached hydrogens (tertiary/aromatic N) is 1. The van der Waals surface area contributed by atoms with E-state index in [2.05, 4.69) is 0 Å². The fourth-order valence-corrected chi connectivity index (χ4v) is 3.69. The van der Waals surface area contributed by atoms with Gasteiger partial charge in [0.25, 0.3) is 5.69 Å². The van der Waals surface area contributed by atoms with Crippen LogP contribution < -0.4 is 4.74 Å². The summed E-state index contributed by atoms with van der Waals surface area (Å²) in [6.07, 6.45) is 0. The molecular weight excluding hydrogens is 419 g/mol. The Hall–Kier alpha value is -2.72. The second-order valence-corrected chi connectivity index (χ2v) is 8.32. The molecule has 3 rings (SSSR count). The first kappa shape index (κ1) is 20.0. The van der Waals surface area contributed by atoms with Crippen molar-refractivity contribution >= 4 is 40.7 Å². The first-order valence-corrected chi connectivity index (χ1v) is 9.86. The first-order valence-electron chi connectivity index (χ1n) is 7.43. The van der Waals surface area contributed by atoms with Crippen molar-refractivity contribution in [1.82, 2.24) is 0 Å². The van der Waals surface area contributed by atoms with Gasteiger partial charge in [0.2, 0.25) is 0 Å². The van der Waals surface area contributed by atoms with Crippen LogP contribution in [0.2, 0.25) is 0 Å². The molecule has 28 heavy (non-hydrogen) atoms. The van der Waals surface area contributed by atoms with Gasteiger partial charge in [0.15, 0.2) is 0 Å². The lowest BCUT2D eigenvalue weighted by atomic mass is 10.1. The second-order valence-electron chi connectivity index (χ2n) is 5.59. The molecule has 1 heterocycles. The maximum atomic E-state index is 13.8. The Morgan fingerprint density at radius 2 is 1.79 bits per heavy atom. The Kier molecular flexibility index (Phi) is 5.02. The van der Waals surface area contributed by atoms with Crippen LogP contribution in [0.25, 0.3) is 10.1 Å². The number of benzene rings is 2. The van der Waals surface area contributed by atoms with Crippen LogP contribution in [0, 0.1) is 10.1 Å². The van der Waals surface area contributed by atoms with E-state index in [1.165, 1.54) is 24.3 Å². The van der Waals surface area contributed by atoms with Gasteiger partial charge in [-0.25, -0.2) is 4.79 Å². The standard InChI is InChI=1S/C16H10F2NO7PS/c17-16(18,27(23,24)25)10-1-6-13-9(7-10)8-14(28-13)15(20)26-12-4-2-11(3-5-12)19(21)22/h1-8H,(H2,23,24,25). The molecule has 0 aliphatic rings. The average Bonchev–Trinajstić information content (AvgIpc) is 3.04. The third kappa shape index (κ3) is 3.78. The number of alkyl halides is 2. The van der Waals surface area contributed by atoms with E-state index in [0.29, 0.717) is 4.70 Å². The number of carbonyl (C=O) groups is 1. The van der Waals surface area contributed by atoms with E-state index >= 15 is 0 Å². The van der Waals surface area contributed by atoms with Crippen LogP contribution >= 0.6 is 18.9 Å². The number of hydrogen-bond donors (Lipinski definition) is 2. The number of nitro groups is 1. The number of thiophene rings is 1. The monoisotopic (exact) mass is 429 g/mol. The SMILES string of the molecule is O=C(Oc1ccc([N+](=O)[O-])cc1)c1cc2cc(C(F)(F)P(=O)(O)O)ccc2s1. The van der Waals surface area contributed by atoms with E-state index in [1.54, 1.807) is 0 Å². The summed E-state index contributed by atoms with van der Waals surface area (Å²) < 4.78 is 44.2. The van der Waals surface area contributed by atoms with E-state index in [-0.39, 0.29) is 21.7 Å². The maximum absolute atomic E-state index is 13.8. The number of fused-ring (bicyclic) bond motifs is 1. The Bertz CT molecular complexity index is 1120. The first-order chi connectivity index (χ1) is 13.0. The zero-order valence-corrected chi connectivity index (χ0v) is 15.3. The highest BCUT2D eigenvalue weighted by Gasteiger charge is 2.50. The van der Waals surface area contributed by atoms with Crippen LogP contribution in [0.5, 0.6) is 5.75 Å². The van der Waals surface area contributed by atoms with Gasteiger partial charge < -0.3 is 14.5 Å². The molecule has 0 saturated carbocycles. The zero-order chi connectivity index (χ0) is 20.7. The third-order valence-electron chi connectivity index (χ3n) is 3.69. The lowest BCUT2D eigenvalue weighted by molar-refractivity contribution is -0.384. The Morgan fingerprint density at radius 1 is 1.14 bits per heavy atom. The Balaban J connectivity index is 1.86. The van der Waals surface area contributed by atoms with Crippen molar-refractivity contribution in [3.63, 3.8) is 0 Å². The highest BCUT2D eigenvalue weighted by molar-refractivity contribution is 7.52. The van der Waals surface area contributed by atoms with Crippen molar-refractivity contribution in [1.29, 1.82) is 0 Å². The molecule has 0 atom stereocenters. The van der Waals surface area contributed by atoms with Gasteiger partial charge in [0.1, 0.15) is 10.6 Å². The second kappa shape index (κ2) is 7.02. The molecule has 2 N–H and O–H groups in total. The van der Waals surface area contributed by atoms with Crippen LogP contribution in [-0.2, 0) is 10.2 Å². The third-order valence-corrected chi connectivity index (χ3v) is 5.77. The quantitative estimate of drug-likeness (QED) is 0.204. The summed E-state index contributed by atoms with van der Waals surface area (Å²) in [6, 6.07) is 9.05. The number of esters is 1. The Morgan fingerprint density at radius 3 is 2.36 bits per heavy atom. The number of rotatable bonds is 5. The van der Waals surface area contributed by atoms with Crippen molar-refractivity contribution in [2.45, 2.75) is 5.66 Å². The predicted octanol–water partition coefficient (Wildman–Crippen LogP) is 4.26. The smallest absolute Gasteiger partial charge is 0.399 e. The van der Waals surface area contributed by atoms with Gasteiger partial charge in [0, 0.05) is 22.4 Å². The fraction of sp³-hybridized carbons (Fsp3) is 0.0625. The number of nitro benzene ring substituents is 1. The number of ether oxygens (including phenoxy) is 1. The summed E-state index contributed by atoms with van der Waals surface area (Å²) >= 11 is 0.938. The van der Waals surface area contributed by atoms with E-state index in [0.717, 1.165) is 35.6 Å². The van der Waals surface area contributed by atoms with E-state index in [9.17, 15) is 28.3 Å². The molecule has 0 bridgehead atoms. The minimum absolute atomic E-state index is 0.0572. The summed E-state index contributed by atoms with van der Waals surface area (Å²) in [4.78, 5) is 39.9. The van der Waals surface area contributed by atoms with Crippen LogP contribution in [0.15, 0.2) is 48.5 Å². The Labute approximate surface area is 159 Å². The number of non-ortho nitro benzene ring substituents is 1. The molecule has 12 heteroatoms. The van der Waals surface area contributed by atoms with Gasteiger partial charge in [-0.05, 0) is 35.7 Å². The summed E-state index contributed by atoms with van der Waals surface area (Å²) in [5, 5.41) is 10.8. The number of carbonyl (C=O) groups excluding carboxylic acids is 1. The highest BCUT2D eigenvalue weighted by Crippen LogP contribution is 2.59. The molecule has 146 valence electrons. The van der Waals surface area contributed by atoms with Gasteiger partial charge in [-0.3, -0.25) is 14.7 Å². The van der Waals surface area contributed by atoms with Crippen molar-refractivity contribution in [2.75, 3.05) is 0 Å². The van der Waals surface area contributed by atoms with Crippen molar-refractivity contribution in [2.24, 2.45) is 0 Å². The largest absolute Gasteiger partial charge is 0.422 e. The molecular formula is C16H10F2NO7PS. The van der Waals surface area contributed by atoms with E-state index in [1.807, 2.05) is 0 Å². The van der Waals surface area contributed by atoms with Crippen molar-refractivity contribution in [3.8, 4) is 5.75 Å². The van der Waals surface area contributed by atoms with Crippen molar-refractivity contribution < 1.29 is 37.6 Å². The summed E-state index contributed by atoms with van der Waals surface area (Å²) in [5.74, 6) is -0.750. The van der Waals surface area contributed by atoms with E-state index in [4.69, 9.17) is 14.5 Å². The molecule has 0 saturated heterocycles. The topological polar surface area (TPSA) is 127 Å². The lowest BCUT2D eigenvalue weighted by Gasteiger charge is -2.17. The summed E-state index contributed by atoms with van der Waals surface area (Å²) in [6.45, 7) is 0. The van der Waals surface area contributed by atoms with Gasteiger partial charge in [0.05, 0.1) is 4.92 Å². The predicted molar refractivity (Wildman–Crippen MR) is 95.8 cm³/mol. The molecule has 0 spiro atoms. The molecule has 1 aromatic heterocycles. The summed E-state index contributed by atoms with van der Waals surface area (Å²) in [7, 11) is -5.71. The molecule has 8 nitrogen and oxygen atoms in total. The minimum Gasteiger partial charge on any atom is -0.422 e. The van der Waals surface area contributed by atoms with Crippen LogP contribution in [-0.4, -0.2) is 20.7 Å².